The van der Waals surface area contributed by atoms with Crippen LogP contribution in [0.2, 0.25) is 0 Å². The van der Waals surface area contributed by atoms with Crippen LogP contribution in [-0.2, 0) is 19.6 Å². The van der Waals surface area contributed by atoms with E-state index >= 15 is 0 Å². The summed E-state index contributed by atoms with van der Waals surface area (Å²) in [5.74, 6) is -2.29. The molecule has 1 fully saturated rings. The van der Waals surface area contributed by atoms with E-state index in [2.05, 4.69) is 5.32 Å². The van der Waals surface area contributed by atoms with E-state index in [9.17, 15) is 27.2 Å². The molecule has 2 amide bonds. The molecular weight excluding hydrogens is 505 g/mol. The number of halogens is 1. The van der Waals surface area contributed by atoms with Crippen molar-refractivity contribution in [1.82, 2.24) is 10.2 Å². The number of amides is 2. The minimum atomic E-state index is -3.97. The molecular formula is C25H28FN3O7S. The second kappa shape index (κ2) is 10.0. The van der Waals surface area contributed by atoms with E-state index in [4.69, 9.17) is 9.52 Å². The zero-order chi connectivity index (χ0) is 27.1. The van der Waals surface area contributed by atoms with Gasteiger partial charge in [0.15, 0.2) is 0 Å². The summed E-state index contributed by atoms with van der Waals surface area (Å²) < 4.78 is 46.3. The lowest BCUT2D eigenvalue weighted by atomic mass is 9.96. The molecule has 0 radical (unpaired) electrons. The molecule has 0 saturated heterocycles. The van der Waals surface area contributed by atoms with E-state index in [1.165, 1.54) is 26.2 Å². The first-order valence-electron chi connectivity index (χ1n) is 11.7. The molecule has 1 aromatic heterocycles. The summed E-state index contributed by atoms with van der Waals surface area (Å²) in [7, 11) is -1.20. The first-order valence-corrected chi connectivity index (χ1v) is 13.6. The van der Waals surface area contributed by atoms with Gasteiger partial charge in [0.25, 0.3) is 5.91 Å². The number of hydrogen-bond acceptors (Lipinski definition) is 6. The number of carboxylic acid groups (broad SMARTS) is 1. The summed E-state index contributed by atoms with van der Waals surface area (Å²) in [5, 5.41) is 12.1. The predicted octanol–water partition coefficient (Wildman–Crippen LogP) is 3.01. The minimum Gasteiger partial charge on any atom is -0.480 e. The molecule has 0 aliphatic heterocycles. The highest BCUT2D eigenvalue weighted by molar-refractivity contribution is 7.92. The van der Waals surface area contributed by atoms with Crippen LogP contribution in [-0.4, -0.2) is 69.6 Å². The maximum absolute atomic E-state index is 13.6. The van der Waals surface area contributed by atoms with Gasteiger partial charge in [0.05, 0.1) is 17.5 Å². The Bertz CT molecular complexity index is 1450. The van der Waals surface area contributed by atoms with Crippen molar-refractivity contribution in [3.63, 3.8) is 0 Å². The first-order chi connectivity index (χ1) is 17.4. The van der Waals surface area contributed by atoms with Gasteiger partial charge in [-0.2, -0.15) is 0 Å². The lowest BCUT2D eigenvalue weighted by Crippen LogP contribution is -2.43. The average Bonchev–Trinajstić information content (AvgIpc) is 3.61. The van der Waals surface area contributed by atoms with Gasteiger partial charge in [-0.25, -0.2) is 12.8 Å². The number of allylic oxidation sites excluding steroid dienone is 4. The summed E-state index contributed by atoms with van der Waals surface area (Å²) in [6, 6.07) is 3.23. The van der Waals surface area contributed by atoms with Crippen LogP contribution in [0.3, 0.4) is 0 Å². The molecule has 37 heavy (non-hydrogen) atoms. The van der Waals surface area contributed by atoms with E-state index in [1.54, 1.807) is 12.1 Å². The van der Waals surface area contributed by atoms with E-state index < -0.39 is 40.9 Å². The Balaban J connectivity index is 1.88. The van der Waals surface area contributed by atoms with E-state index in [1.807, 2.05) is 0 Å². The van der Waals surface area contributed by atoms with Gasteiger partial charge in [0.2, 0.25) is 15.9 Å². The van der Waals surface area contributed by atoms with Crippen LogP contribution in [0.25, 0.3) is 16.5 Å². The number of fused-ring (bicyclic) bond motifs is 1. The molecule has 0 spiro atoms. The Kier molecular flexibility index (Phi) is 7.13. The van der Waals surface area contributed by atoms with Crippen molar-refractivity contribution in [3.05, 3.63) is 47.0 Å². The SMILES string of the molecule is CNC(=O)c1c(C2=CC=C(F)CC2)oc2cc(N(CC(=O)N(C)CC(=O)O)S(C)(=O)=O)c(C3CC3)cc12. The van der Waals surface area contributed by atoms with Crippen molar-refractivity contribution in [3.8, 4) is 0 Å². The van der Waals surface area contributed by atoms with Crippen LogP contribution in [0, 0.1) is 0 Å². The number of furan rings is 1. The number of carbonyl (C=O) groups excluding carboxylic acids is 2. The van der Waals surface area contributed by atoms with Crippen LogP contribution in [0.15, 0.2) is 34.5 Å². The van der Waals surface area contributed by atoms with E-state index in [-0.39, 0.29) is 40.8 Å². The largest absolute Gasteiger partial charge is 0.480 e. The number of anilines is 1. The minimum absolute atomic E-state index is 0.0253. The van der Waals surface area contributed by atoms with Crippen molar-refractivity contribution in [2.75, 3.05) is 37.7 Å². The Labute approximate surface area is 213 Å². The number of benzene rings is 1. The van der Waals surface area contributed by atoms with Crippen molar-refractivity contribution in [1.29, 1.82) is 0 Å². The van der Waals surface area contributed by atoms with Crippen molar-refractivity contribution in [2.24, 2.45) is 0 Å². The summed E-state index contributed by atoms with van der Waals surface area (Å²) in [4.78, 5) is 37.6. The van der Waals surface area contributed by atoms with E-state index in [0.717, 1.165) is 28.3 Å². The molecule has 198 valence electrons. The van der Waals surface area contributed by atoms with E-state index in [0.29, 0.717) is 22.9 Å². The molecule has 1 saturated carbocycles. The fraction of sp³-hybridized carbons (Fsp3) is 0.400. The number of sulfonamides is 1. The maximum Gasteiger partial charge on any atom is 0.323 e. The molecule has 2 N–H and O–H groups in total. The lowest BCUT2D eigenvalue weighted by Gasteiger charge is -2.26. The van der Waals surface area contributed by atoms with Gasteiger partial charge in [-0.3, -0.25) is 18.7 Å². The number of rotatable bonds is 9. The second-order valence-corrected chi connectivity index (χ2v) is 11.2. The third kappa shape index (κ3) is 5.53. The first kappa shape index (κ1) is 26.4. The van der Waals surface area contributed by atoms with Crippen LogP contribution >= 0.6 is 0 Å². The monoisotopic (exact) mass is 533 g/mol. The summed E-state index contributed by atoms with van der Waals surface area (Å²) in [5.41, 5.74) is 2.03. The lowest BCUT2D eigenvalue weighted by molar-refractivity contribution is -0.142. The third-order valence-corrected chi connectivity index (χ3v) is 7.57. The maximum atomic E-state index is 13.6. The summed E-state index contributed by atoms with van der Waals surface area (Å²) >= 11 is 0. The van der Waals surface area contributed by atoms with Gasteiger partial charge < -0.3 is 19.7 Å². The third-order valence-electron chi connectivity index (χ3n) is 6.44. The van der Waals surface area contributed by atoms with Crippen LogP contribution < -0.4 is 9.62 Å². The number of carboxylic acids is 1. The highest BCUT2D eigenvalue weighted by atomic mass is 32.2. The Hall–Kier alpha value is -3.67. The Morgan fingerprint density at radius 1 is 1.16 bits per heavy atom. The molecule has 0 bridgehead atoms. The van der Waals surface area contributed by atoms with Gasteiger partial charge in [0, 0.05) is 32.0 Å². The quantitative estimate of drug-likeness (QED) is 0.505. The van der Waals surface area contributed by atoms with Crippen molar-refractivity contribution < 1.29 is 36.7 Å². The molecule has 1 heterocycles. The number of carbonyl (C=O) groups is 3. The molecule has 1 aromatic carbocycles. The number of aliphatic carboxylic acids is 1. The molecule has 10 nitrogen and oxygen atoms in total. The summed E-state index contributed by atoms with van der Waals surface area (Å²) in [6.07, 6.45) is 5.96. The van der Waals surface area contributed by atoms with Crippen LogP contribution in [0.4, 0.5) is 10.1 Å². The zero-order valence-corrected chi connectivity index (χ0v) is 21.5. The fourth-order valence-electron chi connectivity index (χ4n) is 4.38. The van der Waals surface area contributed by atoms with Gasteiger partial charge in [-0.1, -0.05) is 6.08 Å². The number of nitrogens with zero attached hydrogens (tertiary/aromatic N) is 2. The normalized spacial score (nSPS) is 15.7. The molecule has 2 aromatic rings. The van der Waals surface area contributed by atoms with Gasteiger partial charge in [0.1, 0.15) is 30.3 Å². The number of hydrogen-bond donors (Lipinski definition) is 2. The number of likely N-dealkylation sites (N-methyl/N-ethyl adjacent to an activating group) is 1. The predicted molar refractivity (Wildman–Crippen MR) is 135 cm³/mol. The van der Waals surface area contributed by atoms with Crippen molar-refractivity contribution >= 4 is 50.0 Å². The Morgan fingerprint density at radius 2 is 1.86 bits per heavy atom. The molecule has 4 rings (SSSR count). The average molecular weight is 534 g/mol. The van der Waals surface area contributed by atoms with Crippen molar-refractivity contribution in [2.45, 2.75) is 31.6 Å². The van der Waals surface area contributed by atoms with Crippen LogP contribution in [0.1, 0.15) is 53.3 Å². The summed E-state index contributed by atoms with van der Waals surface area (Å²) in [6.45, 7) is -1.18. The van der Waals surface area contributed by atoms with Gasteiger partial charge >= 0.3 is 5.97 Å². The zero-order valence-electron chi connectivity index (χ0n) is 20.7. The molecule has 2 aliphatic carbocycles. The Morgan fingerprint density at radius 3 is 2.41 bits per heavy atom. The smallest absolute Gasteiger partial charge is 0.323 e. The molecule has 12 heteroatoms. The molecule has 0 atom stereocenters. The molecule has 0 unspecified atom stereocenters. The van der Waals surface area contributed by atoms with Gasteiger partial charge in [-0.15, -0.1) is 0 Å². The fourth-order valence-corrected chi connectivity index (χ4v) is 5.24. The topological polar surface area (TPSA) is 137 Å². The standard InChI is InChI=1S/C25H28FN3O7S/c1-27-25(33)23-18-10-17(14-4-5-14)19(11-20(18)36-24(23)15-6-8-16(26)9-7-15)29(37(3,34)35)12-21(30)28(2)13-22(31)32/h6,8,10-11,14H,4-5,7,9,12-13H2,1-3H3,(H,27,33)(H,31,32). The van der Waals surface area contributed by atoms with Gasteiger partial charge in [-0.05, 0) is 48.5 Å². The second-order valence-electron chi connectivity index (χ2n) is 9.29. The highest BCUT2D eigenvalue weighted by Crippen LogP contribution is 2.48. The van der Waals surface area contributed by atoms with Crippen LogP contribution in [0.5, 0.6) is 0 Å². The molecule has 2 aliphatic rings. The highest BCUT2D eigenvalue weighted by Gasteiger charge is 2.34. The number of nitrogens with one attached hydrogen (secondary N) is 1.